The molecule has 0 atom stereocenters. The summed E-state index contributed by atoms with van der Waals surface area (Å²) in [6, 6.07) is 0. The van der Waals surface area contributed by atoms with E-state index in [0.29, 0.717) is 0 Å². The van der Waals surface area contributed by atoms with Crippen molar-refractivity contribution in [3.05, 3.63) is 19.6 Å². The topological polar surface area (TPSA) is 57.5 Å². The minimum atomic E-state index is -1.83. The van der Waals surface area contributed by atoms with E-state index < -0.39 is 6.16 Å². The van der Waals surface area contributed by atoms with Crippen molar-refractivity contribution in [3.63, 3.8) is 0 Å². The van der Waals surface area contributed by atoms with Gasteiger partial charge in [-0.05, 0) is 0 Å². The van der Waals surface area contributed by atoms with Crippen LogP contribution < -0.4 is 51.4 Å². The van der Waals surface area contributed by atoms with E-state index in [-0.39, 0.29) is 51.4 Å². The third-order valence-electron chi connectivity index (χ3n) is 0. The Kier molecular flexibility index (Phi) is 30.9. The van der Waals surface area contributed by atoms with Crippen molar-refractivity contribution in [2.45, 2.75) is 0 Å². The summed E-state index contributed by atoms with van der Waals surface area (Å²) in [6.07, 6.45) is -0.333. The summed E-state index contributed by atoms with van der Waals surface area (Å²) >= 11 is 0. The van der Waals surface area contributed by atoms with Gasteiger partial charge in [0.05, 0.1) is 0 Å². The van der Waals surface area contributed by atoms with Crippen LogP contribution in [0.3, 0.4) is 0 Å². The standard InChI is InChI=1S/C3H5.CH2O3.K/c1-3-2;2-1(3)4;/h3H,1-2H2;(H2,2,3,4);/q-1;;+1. The Morgan fingerprint density at radius 3 is 1.62 bits per heavy atom. The van der Waals surface area contributed by atoms with Crippen molar-refractivity contribution < 1.29 is 66.4 Å². The summed E-state index contributed by atoms with van der Waals surface area (Å²) in [5.41, 5.74) is 0. The van der Waals surface area contributed by atoms with Crippen molar-refractivity contribution in [3.8, 4) is 0 Å². The van der Waals surface area contributed by atoms with Crippen molar-refractivity contribution in [2.75, 3.05) is 0 Å². The van der Waals surface area contributed by atoms with Gasteiger partial charge < -0.3 is 10.2 Å². The Labute approximate surface area is 90.8 Å². The van der Waals surface area contributed by atoms with Gasteiger partial charge >= 0.3 is 57.5 Å². The van der Waals surface area contributed by atoms with Crippen LogP contribution in [0.4, 0.5) is 4.79 Å². The van der Waals surface area contributed by atoms with Gasteiger partial charge in [0, 0.05) is 0 Å². The second kappa shape index (κ2) is 15.6. The van der Waals surface area contributed by atoms with Gasteiger partial charge in [0.1, 0.15) is 0 Å². The molecule has 0 heterocycles. The second-order valence-corrected chi connectivity index (χ2v) is 0.571. The molecule has 42 valence electrons. The first-order valence-electron chi connectivity index (χ1n) is 1.47. The molecule has 0 aliphatic carbocycles. The van der Waals surface area contributed by atoms with Crippen LogP contribution >= 0.6 is 0 Å². The smallest absolute Gasteiger partial charge is 0.450 e. The number of hydrogen-bond acceptors (Lipinski definition) is 1. The first-order valence-corrected chi connectivity index (χ1v) is 1.47. The van der Waals surface area contributed by atoms with Crippen LogP contribution in [0.15, 0.2) is 12.7 Å². The summed E-state index contributed by atoms with van der Waals surface area (Å²) in [5, 5.41) is 13.9. The zero-order chi connectivity index (χ0) is 6.28. The second-order valence-electron chi connectivity index (χ2n) is 0.571. The fraction of sp³-hybridized carbons (Fsp3) is 0. The monoisotopic (exact) mass is 142 g/mol. The summed E-state index contributed by atoms with van der Waals surface area (Å²) < 4.78 is 0. The molecule has 2 N–H and O–H groups in total. The minimum Gasteiger partial charge on any atom is -0.450 e. The predicted molar refractivity (Wildman–Crippen MR) is 26.2 cm³/mol. The molecular weight excluding hydrogens is 135 g/mol. The molecule has 0 saturated carbocycles. The fourth-order valence-corrected chi connectivity index (χ4v) is 0. The molecule has 0 unspecified atom stereocenters. The van der Waals surface area contributed by atoms with Gasteiger partial charge in [0.15, 0.2) is 0 Å². The van der Waals surface area contributed by atoms with E-state index in [1.807, 2.05) is 0 Å². The Balaban J connectivity index is -0.0000000575. The van der Waals surface area contributed by atoms with E-state index in [1.165, 1.54) is 6.08 Å². The average Bonchev–Trinajstić information content (AvgIpc) is 1.33. The normalized spacial score (nSPS) is 4.50. The van der Waals surface area contributed by atoms with Gasteiger partial charge in [-0.25, -0.2) is 24.4 Å². The van der Waals surface area contributed by atoms with Crippen LogP contribution in [0.1, 0.15) is 0 Å². The molecular formula is C4H7KO3. The maximum absolute atomic E-state index is 8.56. The molecule has 3 nitrogen and oxygen atoms in total. The summed E-state index contributed by atoms with van der Waals surface area (Å²) in [6.45, 7) is 6.50. The van der Waals surface area contributed by atoms with E-state index in [2.05, 4.69) is 13.5 Å². The largest absolute Gasteiger partial charge is 1.00 e. The number of carboxylic acid groups (broad SMARTS) is 2. The molecule has 0 aromatic rings. The molecule has 0 aromatic carbocycles. The van der Waals surface area contributed by atoms with Crippen LogP contribution in [0.2, 0.25) is 0 Å². The Hall–Kier alpha value is 0.516. The summed E-state index contributed by atoms with van der Waals surface area (Å²) in [7, 11) is 0. The van der Waals surface area contributed by atoms with Gasteiger partial charge in [-0.15, -0.1) is 0 Å². The third-order valence-corrected chi connectivity index (χ3v) is 0. The third kappa shape index (κ3) is 744. The zero-order valence-corrected chi connectivity index (χ0v) is 7.92. The Morgan fingerprint density at radius 1 is 1.62 bits per heavy atom. The van der Waals surface area contributed by atoms with Crippen molar-refractivity contribution >= 4 is 6.16 Å². The summed E-state index contributed by atoms with van der Waals surface area (Å²) in [5.74, 6) is 0. The molecule has 0 fully saturated rings. The summed E-state index contributed by atoms with van der Waals surface area (Å²) in [4.78, 5) is 8.56. The first-order chi connectivity index (χ1) is 3.15. The van der Waals surface area contributed by atoms with Gasteiger partial charge in [-0.1, -0.05) is 0 Å². The molecule has 8 heavy (non-hydrogen) atoms. The SMILES string of the molecule is C=C[CH2-].O=C(O)O.[K+]. The van der Waals surface area contributed by atoms with Gasteiger partial charge in [0.25, 0.3) is 0 Å². The van der Waals surface area contributed by atoms with Crippen LogP contribution in [0.5, 0.6) is 0 Å². The molecule has 0 rings (SSSR count). The van der Waals surface area contributed by atoms with E-state index in [9.17, 15) is 0 Å². The molecule has 0 saturated heterocycles. The minimum absolute atomic E-state index is 0. The van der Waals surface area contributed by atoms with Crippen molar-refractivity contribution in [1.82, 2.24) is 0 Å². The van der Waals surface area contributed by atoms with Crippen LogP contribution in [-0.4, -0.2) is 16.4 Å². The van der Waals surface area contributed by atoms with Crippen LogP contribution in [0, 0.1) is 6.92 Å². The number of rotatable bonds is 0. The van der Waals surface area contributed by atoms with Crippen molar-refractivity contribution in [2.24, 2.45) is 0 Å². The van der Waals surface area contributed by atoms with E-state index in [1.54, 1.807) is 0 Å². The van der Waals surface area contributed by atoms with Gasteiger partial charge in [-0.2, -0.15) is 0 Å². The molecule has 0 aliphatic rings. The molecule has 0 amide bonds. The predicted octanol–water partition coefficient (Wildman–Crippen LogP) is -1.77. The number of hydrogen-bond donors (Lipinski definition) is 2. The van der Waals surface area contributed by atoms with Crippen LogP contribution in [-0.2, 0) is 0 Å². The van der Waals surface area contributed by atoms with Crippen molar-refractivity contribution in [1.29, 1.82) is 0 Å². The molecule has 4 heteroatoms. The van der Waals surface area contributed by atoms with Gasteiger partial charge in [-0.3, -0.25) is 0 Å². The molecule has 0 aromatic heterocycles. The maximum Gasteiger partial charge on any atom is 1.00 e. The Morgan fingerprint density at radius 2 is 1.62 bits per heavy atom. The Bertz CT molecular complexity index is 58.3. The average molecular weight is 142 g/mol. The van der Waals surface area contributed by atoms with E-state index in [0.717, 1.165) is 0 Å². The van der Waals surface area contributed by atoms with E-state index in [4.69, 9.17) is 15.0 Å². The first kappa shape index (κ1) is 15.8. The van der Waals surface area contributed by atoms with E-state index >= 15 is 0 Å². The van der Waals surface area contributed by atoms with Crippen LogP contribution in [0.25, 0.3) is 0 Å². The number of allylic oxidation sites excluding steroid dienone is 1. The zero-order valence-electron chi connectivity index (χ0n) is 4.79. The quantitative estimate of drug-likeness (QED) is 0.311. The van der Waals surface area contributed by atoms with Gasteiger partial charge in [0.2, 0.25) is 0 Å². The molecule has 0 radical (unpaired) electrons. The maximum atomic E-state index is 8.56. The molecule has 0 spiro atoms. The number of carbonyl (C=O) groups is 1. The fourth-order valence-electron chi connectivity index (χ4n) is 0. The molecule has 0 bridgehead atoms. The molecule has 0 aliphatic heterocycles.